The van der Waals surface area contributed by atoms with E-state index in [0.717, 1.165) is 24.2 Å². The Hall–Kier alpha value is -2.70. The number of amides is 1. The number of carbonyl (C=O) groups excluding carboxylic acids is 1. The van der Waals surface area contributed by atoms with Gasteiger partial charge in [0.25, 0.3) is 5.91 Å². The molecule has 3 aromatic rings. The number of nitrogens with one attached hydrogen (secondary N) is 1. The summed E-state index contributed by atoms with van der Waals surface area (Å²) in [6.45, 7) is 6.48. The molecule has 0 atom stereocenters. The van der Waals surface area contributed by atoms with Crippen LogP contribution in [0.3, 0.4) is 0 Å². The van der Waals surface area contributed by atoms with Gasteiger partial charge in [-0.25, -0.2) is 9.50 Å². The Labute approximate surface area is 140 Å². The van der Waals surface area contributed by atoms with Crippen LogP contribution in [0, 0.1) is 0 Å². The molecule has 24 heavy (non-hydrogen) atoms. The number of nitrogens with zero attached hydrogens (tertiary/aromatic N) is 5. The van der Waals surface area contributed by atoms with E-state index in [2.05, 4.69) is 27.4 Å². The smallest absolute Gasteiger partial charge is 0.269 e. The summed E-state index contributed by atoms with van der Waals surface area (Å²) >= 11 is 0. The van der Waals surface area contributed by atoms with E-state index in [1.54, 1.807) is 21.5 Å². The molecule has 0 aromatic carbocycles. The third-order valence-electron chi connectivity index (χ3n) is 3.79. The highest BCUT2D eigenvalue weighted by atomic mass is 16.2. The van der Waals surface area contributed by atoms with E-state index >= 15 is 0 Å². The Balaban J connectivity index is 1.71. The number of hydrogen-bond donors (Lipinski definition) is 1. The Morgan fingerprint density at radius 3 is 2.92 bits per heavy atom. The van der Waals surface area contributed by atoms with Gasteiger partial charge in [0.1, 0.15) is 5.69 Å². The van der Waals surface area contributed by atoms with Gasteiger partial charge in [-0.2, -0.15) is 10.2 Å². The number of rotatable bonds is 6. The highest BCUT2D eigenvalue weighted by Gasteiger charge is 2.14. The van der Waals surface area contributed by atoms with Crippen molar-refractivity contribution < 1.29 is 4.79 Å². The first-order valence-corrected chi connectivity index (χ1v) is 8.23. The molecule has 1 amide bonds. The first-order valence-electron chi connectivity index (χ1n) is 8.23. The average molecular weight is 326 g/mol. The molecule has 3 rings (SSSR count). The molecule has 0 saturated carbocycles. The molecule has 0 aliphatic carbocycles. The molecule has 0 radical (unpaired) electrons. The molecule has 3 aromatic heterocycles. The van der Waals surface area contributed by atoms with Gasteiger partial charge in [-0.05, 0) is 38.0 Å². The number of hydrogen-bond acceptors (Lipinski definition) is 4. The van der Waals surface area contributed by atoms with E-state index in [0.29, 0.717) is 12.2 Å². The summed E-state index contributed by atoms with van der Waals surface area (Å²) in [6.07, 6.45) is 7.40. The highest BCUT2D eigenvalue weighted by Crippen LogP contribution is 2.10. The van der Waals surface area contributed by atoms with Crippen LogP contribution in [0.15, 0.2) is 30.7 Å². The molecule has 0 fully saturated rings. The minimum atomic E-state index is -0.155. The van der Waals surface area contributed by atoms with E-state index < -0.39 is 0 Å². The predicted molar refractivity (Wildman–Crippen MR) is 90.8 cm³/mol. The molecule has 0 saturated heterocycles. The van der Waals surface area contributed by atoms with Crippen LogP contribution in [0.2, 0.25) is 0 Å². The fraction of sp³-hybridized carbons (Fsp3) is 0.412. The Bertz CT molecular complexity index is 848. The van der Waals surface area contributed by atoms with E-state index in [1.807, 2.05) is 32.3 Å². The van der Waals surface area contributed by atoms with Crippen molar-refractivity contribution in [1.29, 1.82) is 0 Å². The molecule has 0 aliphatic rings. The summed E-state index contributed by atoms with van der Waals surface area (Å²) in [5.41, 5.74) is 3.31. The van der Waals surface area contributed by atoms with Crippen LogP contribution in [0.25, 0.3) is 5.65 Å². The van der Waals surface area contributed by atoms with Crippen molar-refractivity contribution >= 4 is 11.6 Å². The summed E-state index contributed by atoms with van der Waals surface area (Å²) in [4.78, 5) is 16.9. The maximum absolute atomic E-state index is 12.3. The van der Waals surface area contributed by atoms with Crippen molar-refractivity contribution in [1.82, 2.24) is 29.7 Å². The van der Waals surface area contributed by atoms with Gasteiger partial charge < -0.3 is 5.32 Å². The molecule has 0 unspecified atom stereocenters. The first-order chi connectivity index (χ1) is 11.6. The lowest BCUT2D eigenvalue weighted by Gasteiger charge is -2.10. The lowest BCUT2D eigenvalue weighted by atomic mass is 10.2. The minimum Gasteiger partial charge on any atom is -0.345 e. The summed E-state index contributed by atoms with van der Waals surface area (Å²) in [6, 6.07) is 3.89. The zero-order valence-corrected chi connectivity index (χ0v) is 14.2. The van der Waals surface area contributed by atoms with Gasteiger partial charge in [-0.3, -0.25) is 9.48 Å². The fourth-order valence-electron chi connectivity index (χ4n) is 2.64. The summed E-state index contributed by atoms with van der Waals surface area (Å²) < 4.78 is 3.44. The number of aromatic nitrogens is 5. The third-order valence-corrected chi connectivity index (χ3v) is 3.79. The molecular formula is C17H22N6O. The van der Waals surface area contributed by atoms with Crippen molar-refractivity contribution in [3.05, 3.63) is 47.7 Å². The third kappa shape index (κ3) is 3.29. The van der Waals surface area contributed by atoms with E-state index in [4.69, 9.17) is 0 Å². The number of carbonyl (C=O) groups is 1. The first kappa shape index (κ1) is 16.2. The quantitative estimate of drug-likeness (QED) is 0.754. The van der Waals surface area contributed by atoms with Crippen molar-refractivity contribution in [2.24, 2.45) is 0 Å². The lowest BCUT2D eigenvalue weighted by Crippen LogP contribution is -2.26. The number of fused-ring (bicyclic) bond motifs is 1. The molecule has 7 nitrogen and oxygen atoms in total. The molecule has 0 aliphatic heterocycles. The topological polar surface area (TPSA) is 77.1 Å². The van der Waals surface area contributed by atoms with Crippen LogP contribution in [-0.4, -0.2) is 30.3 Å². The summed E-state index contributed by atoms with van der Waals surface area (Å²) in [5, 5.41) is 11.4. The SMILES string of the molecule is CCCc1cnn2cc(CNC(=O)c3ccnn3C(C)C)nc2c1. The Kier molecular flexibility index (Phi) is 4.59. The van der Waals surface area contributed by atoms with Gasteiger partial charge in [0.2, 0.25) is 0 Å². The summed E-state index contributed by atoms with van der Waals surface area (Å²) in [5.74, 6) is -0.155. The molecule has 0 bridgehead atoms. The molecule has 1 N–H and O–H groups in total. The van der Waals surface area contributed by atoms with Crippen molar-refractivity contribution in [3.63, 3.8) is 0 Å². The average Bonchev–Trinajstić information content (AvgIpc) is 3.19. The normalized spacial score (nSPS) is 11.3. The van der Waals surface area contributed by atoms with Gasteiger partial charge in [0.05, 0.1) is 24.6 Å². The standard InChI is InChI=1S/C17H22N6O/c1-4-5-13-8-16-21-14(11-22(16)20-9-13)10-18-17(24)15-6-7-19-23(15)12(2)3/h6-9,11-12H,4-5,10H2,1-3H3,(H,18,24). The predicted octanol–water partition coefficient (Wildman–Crippen LogP) is 2.39. The Morgan fingerprint density at radius 2 is 2.17 bits per heavy atom. The molecular weight excluding hydrogens is 304 g/mol. The van der Waals surface area contributed by atoms with Crippen molar-refractivity contribution in [2.75, 3.05) is 0 Å². The second-order valence-electron chi connectivity index (χ2n) is 6.09. The Morgan fingerprint density at radius 1 is 1.33 bits per heavy atom. The molecule has 7 heteroatoms. The lowest BCUT2D eigenvalue weighted by molar-refractivity contribution is 0.0937. The van der Waals surface area contributed by atoms with E-state index in [1.165, 1.54) is 5.56 Å². The van der Waals surface area contributed by atoms with Gasteiger partial charge in [-0.1, -0.05) is 13.3 Å². The molecule has 126 valence electrons. The number of aryl methyl sites for hydroxylation is 1. The van der Waals surface area contributed by atoms with E-state index in [9.17, 15) is 4.79 Å². The van der Waals surface area contributed by atoms with Crippen LogP contribution in [0.1, 0.15) is 55.0 Å². The van der Waals surface area contributed by atoms with E-state index in [-0.39, 0.29) is 11.9 Å². The van der Waals surface area contributed by atoms with Gasteiger partial charge in [0, 0.05) is 12.2 Å². The van der Waals surface area contributed by atoms with Crippen LogP contribution < -0.4 is 5.32 Å². The van der Waals surface area contributed by atoms with Crippen LogP contribution in [0.5, 0.6) is 0 Å². The largest absolute Gasteiger partial charge is 0.345 e. The molecule has 3 heterocycles. The second-order valence-corrected chi connectivity index (χ2v) is 6.09. The second kappa shape index (κ2) is 6.82. The minimum absolute atomic E-state index is 0.136. The zero-order chi connectivity index (χ0) is 17.1. The van der Waals surface area contributed by atoms with Crippen LogP contribution in [-0.2, 0) is 13.0 Å². The maximum atomic E-state index is 12.3. The van der Waals surface area contributed by atoms with Crippen LogP contribution in [0.4, 0.5) is 0 Å². The fourth-order valence-corrected chi connectivity index (χ4v) is 2.64. The molecule has 0 spiro atoms. The van der Waals surface area contributed by atoms with Gasteiger partial charge in [-0.15, -0.1) is 0 Å². The number of imidazole rings is 1. The maximum Gasteiger partial charge on any atom is 0.269 e. The van der Waals surface area contributed by atoms with Crippen molar-refractivity contribution in [2.45, 2.75) is 46.2 Å². The highest BCUT2D eigenvalue weighted by molar-refractivity contribution is 5.92. The van der Waals surface area contributed by atoms with Crippen molar-refractivity contribution in [3.8, 4) is 0 Å². The monoisotopic (exact) mass is 326 g/mol. The van der Waals surface area contributed by atoms with Crippen LogP contribution >= 0.6 is 0 Å². The van der Waals surface area contributed by atoms with Gasteiger partial charge >= 0.3 is 0 Å². The zero-order valence-electron chi connectivity index (χ0n) is 14.2. The van der Waals surface area contributed by atoms with Gasteiger partial charge in [0.15, 0.2) is 5.65 Å². The summed E-state index contributed by atoms with van der Waals surface area (Å²) in [7, 11) is 0.